The molecule has 0 saturated heterocycles. The van der Waals surface area contributed by atoms with E-state index >= 15 is 0 Å². The van der Waals surface area contributed by atoms with Crippen molar-refractivity contribution in [3.8, 4) is 0 Å². The van der Waals surface area contributed by atoms with E-state index in [4.69, 9.17) is 9.47 Å². The molecule has 0 aliphatic heterocycles. The first-order chi connectivity index (χ1) is 10.3. The number of halogens is 1. The first-order valence-corrected chi connectivity index (χ1v) is 7.77. The van der Waals surface area contributed by atoms with Crippen molar-refractivity contribution in [2.24, 2.45) is 0 Å². The quantitative estimate of drug-likeness (QED) is 0.319. The molecule has 6 heteroatoms. The maximum atomic E-state index is 12.1. The predicted molar refractivity (Wildman–Crippen MR) is 85.1 cm³/mol. The molecule has 0 N–H and O–H groups in total. The van der Waals surface area contributed by atoms with E-state index in [9.17, 15) is 14.4 Å². The maximum Gasteiger partial charge on any atom is 0.334 e. The van der Waals surface area contributed by atoms with Crippen molar-refractivity contribution < 1.29 is 23.9 Å². The molecule has 1 aromatic rings. The van der Waals surface area contributed by atoms with Gasteiger partial charge in [0.15, 0.2) is 5.78 Å². The van der Waals surface area contributed by atoms with E-state index in [1.165, 1.54) is 6.92 Å². The molecule has 0 aliphatic rings. The average Bonchev–Trinajstić information content (AvgIpc) is 2.48. The number of ether oxygens (including phenoxy) is 2. The van der Waals surface area contributed by atoms with Crippen molar-refractivity contribution in [2.75, 3.05) is 13.2 Å². The lowest BCUT2D eigenvalue weighted by Crippen LogP contribution is -2.45. The Labute approximate surface area is 138 Å². The zero-order valence-electron chi connectivity index (χ0n) is 12.8. The van der Waals surface area contributed by atoms with E-state index in [2.05, 4.69) is 15.9 Å². The molecule has 22 heavy (non-hydrogen) atoms. The average molecular weight is 371 g/mol. The van der Waals surface area contributed by atoms with Crippen LogP contribution in [0.25, 0.3) is 0 Å². The minimum Gasteiger partial charge on any atom is -0.464 e. The summed E-state index contributed by atoms with van der Waals surface area (Å²) in [5.74, 6) is -1.43. The number of benzene rings is 1. The summed E-state index contributed by atoms with van der Waals surface area (Å²) in [7, 11) is 0. The second-order valence-corrected chi connectivity index (χ2v) is 6.03. The van der Waals surface area contributed by atoms with Gasteiger partial charge in [0, 0.05) is 12.0 Å². The normalized spacial score (nSPS) is 10.9. The number of carbonyl (C=O) groups is 3. The molecule has 1 rings (SSSR count). The fourth-order valence-corrected chi connectivity index (χ4v) is 2.41. The number of hydrogen-bond donors (Lipinski definition) is 0. The van der Waals surface area contributed by atoms with Gasteiger partial charge >= 0.3 is 11.9 Å². The number of alkyl halides is 1. The molecule has 0 spiro atoms. The fourth-order valence-electron chi connectivity index (χ4n) is 1.86. The summed E-state index contributed by atoms with van der Waals surface area (Å²) in [6.07, 6.45) is 0.0723. The zero-order chi connectivity index (χ0) is 16.8. The van der Waals surface area contributed by atoms with Gasteiger partial charge in [-0.25, -0.2) is 9.59 Å². The number of Topliss-reactive ketones (excluding diaryl/α,β-unsaturated/α-hetero) is 1. The SMILES string of the molecule is CCOC(=O)C(Br)(Cc1ccc(C(C)=O)cc1)C(=O)OCC. The van der Waals surface area contributed by atoms with Crippen LogP contribution in [0, 0.1) is 0 Å². The number of rotatable bonds is 7. The monoisotopic (exact) mass is 370 g/mol. The van der Waals surface area contributed by atoms with Crippen LogP contribution in [-0.4, -0.2) is 35.3 Å². The number of carbonyl (C=O) groups excluding carboxylic acids is 3. The van der Waals surface area contributed by atoms with Gasteiger partial charge in [-0.2, -0.15) is 0 Å². The molecule has 0 heterocycles. The van der Waals surface area contributed by atoms with E-state index in [1.54, 1.807) is 38.1 Å². The largest absolute Gasteiger partial charge is 0.464 e. The first-order valence-electron chi connectivity index (χ1n) is 6.98. The van der Waals surface area contributed by atoms with Crippen LogP contribution in [0.4, 0.5) is 0 Å². The zero-order valence-corrected chi connectivity index (χ0v) is 14.4. The topological polar surface area (TPSA) is 69.7 Å². The molecule has 5 nitrogen and oxygen atoms in total. The highest BCUT2D eigenvalue weighted by atomic mass is 79.9. The number of esters is 2. The molecule has 0 radical (unpaired) electrons. The van der Waals surface area contributed by atoms with Crippen LogP contribution in [-0.2, 0) is 25.5 Å². The van der Waals surface area contributed by atoms with Gasteiger partial charge in [-0.1, -0.05) is 40.2 Å². The highest BCUT2D eigenvalue weighted by Gasteiger charge is 2.46. The van der Waals surface area contributed by atoms with Gasteiger partial charge in [-0.15, -0.1) is 0 Å². The Morgan fingerprint density at radius 1 is 1.00 bits per heavy atom. The Hall–Kier alpha value is -1.69. The Bertz CT molecular complexity index is 532. The molecule has 0 saturated carbocycles. The molecule has 0 fully saturated rings. The summed E-state index contributed by atoms with van der Waals surface area (Å²) in [6, 6.07) is 6.71. The third-order valence-corrected chi connectivity index (χ3v) is 3.93. The summed E-state index contributed by atoms with van der Waals surface area (Å²) in [4.78, 5) is 35.5. The molecule has 0 amide bonds. The summed E-state index contributed by atoms with van der Waals surface area (Å²) < 4.78 is 8.35. The maximum absolute atomic E-state index is 12.1. The van der Waals surface area contributed by atoms with Gasteiger partial charge in [0.05, 0.1) is 13.2 Å². The molecule has 0 aliphatic carbocycles. The number of hydrogen-bond acceptors (Lipinski definition) is 5. The van der Waals surface area contributed by atoms with Crippen LogP contribution in [0.5, 0.6) is 0 Å². The molecular weight excluding hydrogens is 352 g/mol. The molecule has 0 atom stereocenters. The summed E-state index contributed by atoms with van der Waals surface area (Å²) in [6.45, 7) is 5.13. The Balaban J connectivity index is 3.04. The Morgan fingerprint density at radius 2 is 1.45 bits per heavy atom. The standard InChI is InChI=1S/C16H19BrO5/c1-4-21-14(19)16(17,15(20)22-5-2)10-12-6-8-13(9-7-12)11(3)18/h6-9H,4-5,10H2,1-3H3. The third kappa shape index (κ3) is 4.40. The second kappa shape index (κ2) is 8.08. The van der Waals surface area contributed by atoms with Crippen LogP contribution in [0.2, 0.25) is 0 Å². The lowest BCUT2D eigenvalue weighted by Gasteiger charge is -2.23. The van der Waals surface area contributed by atoms with Gasteiger partial charge in [-0.05, 0) is 26.3 Å². The Kier molecular flexibility index (Phi) is 6.74. The Morgan fingerprint density at radius 3 is 1.82 bits per heavy atom. The van der Waals surface area contributed by atoms with Crippen molar-refractivity contribution in [1.82, 2.24) is 0 Å². The first kappa shape index (κ1) is 18.4. The van der Waals surface area contributed by atoms with Crippen molar-refractivity contribution in [3.63, 3.8) is 0 Å². The highest BCUT2D eigenvalue weighted by Crippen LogP contribution is 2.28. The van der Waals surface area contributed by atoms with Crippen molar-refractivity contribution in [3.05, 3.63) is 35.4 Å². The van der Waals surface area contributed by atoms with Crippen molar-refractivity contribution in [2.45, 2.75) is 31.5 Å². The van der Waals surface area contributed by atoms with Crippen molar-refractivity contribution in [1.29, 1.82) is 0 Å². The van der Waals surface area contributed by atoms with Crippen LogP contribution >= 0.6 is 15.9 Å². The van der Waals surface area contributed by atoms with Gasteiger partial charge in [0.1, 0.15) is 0 Å². The van der Waals surface area contributed by atoms with E-state index in [0.717, 1.165) is 0 Å². The molecule has 120 valence electrons. The van der Waals surface area contributed by atoms with Crippen LogP contribution in [0.1, 0.15) is 36.7 Å². The minimum absolute atomic E-state index is 0.0487. The van der Waals surface area contributed by atoms with Crippen LogP contribution in [0.3, 0.4) is 0 Å². The smallest absolute Gasteiger partial charge is 0.334 e. The summed E-state index contributed by atoms with van der Waals surface area (Å²) in [5, 5.41) is 0. The van der Waals surface area contributed by atoms with Gasteiger partial charge in [-0.3, -0.25) is 4.79 Å². The number of ketones is 1. The van der Waals surface area contributed by atoms with E-state index in [1.807, 2.05) is 0 Å². The lowest BCUT2D eigenvalue weighted by molar-refractivity contribution is -0.158. The molecule has 1 aromatic carbocycles. The summed E-state index contributed by atoms with van der Waals surface area (Å²) >= 11 is 3.19. The summed E-state index contributed by atoms with van der Waals surface area (Å²) in [5.41, 5.74) is 1.28. The van der Waals surface area contributed by atoms with Gasteiger partial charge in [0.2, 0.25) is 4.32 Å². The second-order valence-electron chi connectivity index (χ2n) is 4.67. The molecule has 0 aromatic heterocycles. The molecular formula is C16H19BrO5. The van der Waals surface area contributed by atoms with Gasteiger partial charge in [0.25, 0.3) is 0 Å². The van der Waals surface area contributed by atoms with E-state index in [-0.39, 0.29) is 25.4 Å². The van der Waals surface area contributed by atoms with Crippen LogP contribution < -0.4 is 0 Å². The minimum atomic E-state index is -1.59. The molecule has 0 unspecified atom stereocenters. The van der Waals surface area contributed by atoms with E-state index < -0.39 is 16.3 Å². The highest BCUT2D eigenvalue weighted by molar-refractivity contribution is 9.10. The van der Waals surface area contributed by atoms with E-state index in [0.29, 0.717) is 11.1 Å². The third-order valence-electron chi connectivity index (χ3n) is 3.01. The van der Waals surface area contributed by atoms with Gasteiger partial charge < -0.3 is 9.47 Å². The predicted octanol–water partition coefficient (Wildman–Crippen LogP) is 2.69. The fraction of sp³-hybridized carbons (Fsp3) is 0.438. The van der Waals surface area contributed by atoms with Crippen molar-refractivity contribution >= 4 is 33.7 Å². The lowest BCUT2D eigenvalue weighted by atomic mass is 9.97. The van der Waals surface area contributed by atoms with Crippen LogP contribution in [0.15, 0.2) is 24.3 Å². The molecule has 0 bridgehead atoms.